The van der Waals surface area contributed by atoms with Crippen LogP contribution in [0.1, 0.15) is 6.42 Å². The van der Waals surface area contributed by atoms with Crippen LogP contribution in [0.2, 0.25) is 0 Å². The third kappa shape index (κ3) is 2.92. The zero-order valence-electron chi connectivity index (χ0n) is 6.03. The quantitative estimate of drug-likeness (QED) is 0.649. The molecule has 0 aromatic rings. The van der Waals surface area contributed by atoms with Crippen LogP contribution in [0.25, 0.3) is 0 Å². The fourth-order valence-corrected chi connectivity index (χ4v) is 3.90. The lowest BCUT2D eigenvalue weighted by Crippen LogP contribution is -2.32. The third-order valence-corrected chi connectivity index (χ3v) is 4.29. The number of nitrogens with two attached hydrogens (primary N) is 1. The number of rotatable bonds is 3. The fraction of sp³-hybridized carbons (Fsp3) is 0.833. The van der Waals surface area contributed by atoms with Crippen LogP contribution in [0.3, 0.4) is 0 Å². The van der Waals surface area contributed by atoms with Gasteiger partial charge in [-0.15, -0.1) is 0 Å². The summed E-state index contributed by atoms with van der Waals surface area (Å²) in [5, 5.41) is 8.50. The molecular weight excluding hydrogens is 182 g/mol. The van der Waals surface area contributed by atoms with Crippen molar-refractivity contribution in [1.29, 1.82) is 0 Å². The van der Waals surface area contributed by atoms with E-state index in [0.29, 0.717) is 12.3 Å². The Morgan fingerprint density at radius 1 is 1.64 bits per heavy atom. The first-order valence-corrected chi connectivity index (χ1v) is 5.91. The van der Waals surface area contributed by atoms with Crippen molar-refractivity contribution >= 4 is 27.6 Å². The molecule has 5 heteroatoms. The molecule has 0 radical (unpaired) electrons. The normalized spacial score (nSPS) is 21.9. The Morgan fingerprint density at radius 2 is 2.18 bits per heavy atom. The molecule has 1 heterocycles. The van der Waals surface area contributed by atoms with E-state index in [2.05, 4.69) is 0 Å². The molecule has 1 fully saturated rings. The van der Waals surface area contributed by atoms with Gasteiger partial charge in [0.2, 0.25) is 0 Å². The Morgan fingerprint density at radius 3 is 2.64 bits per heavy atom. The summed E-state index contributed by atoms with van der Waals surface area (Å²) in [5.74, 6) is 1.71. The zero-order chi connectivity index (χ0) is 8.27. The van der Waals surface area contributed by atoms with E-state index in [9.17, 15) is 4.79 Å². The minimum Gasteiger partial charge on any atom is -0.480 e. The van der Waals surface area contributed by atoms with Crippen molar-refractivity contribution in [1.82, 2.24) is 0 Å². The van der Waals surface area contributed by atoms with Crippen LogP contribution >= 0.6 is 21.6 Å². The summed E-state index contributed by atoms with van der Waals surface area (Å²) >= 11 is 0. The summed E-state index contributed by atoms with van der Waals surface area (Å²) in [6, 6.07) is -0.667. The number of carboxylic acids is 1. The van der Waals surface area contributed by atoms with Gasteiger partial charge in [-0.2, -0.15) is 0 Å². The molecule has 1 aliphatic rings. The summed E-state index contributed by atoms with van der Waals surface area (Å²) in [6.45, 7) is 0. The molecule has 0 saturated carbocycles. The lowest BCUT2D eigenvalue weighted by Gasteiger charge is -2.10. The summed E-state index contributed by atoms with van der Waals surface area (Å²) in [4.78, 5) is 10.3. The van der Waals surface area contributed by atoms with Gasteiger partial charge in [-0.25, -0.2) is 0 Å². The minimum absolute atomic E-state index is 0.496. The van der Waals surface area contributed by atoms with Crippen LogP contribution in [-0.2, 0) is 4.79 Å². The van der Waals surface area contributed by atoms with E-state index >= 15 is 0 Å². The molecular formula is C6H11NO2S2. The third-order valence-electron chi connectivity index (χ3n) is 1.60. The zero-order valence-corrected chi connectivity index (χ0v) is 7.66. The van der Waals surface area contributed by atoms with Crippen LogP contribution < -0.4 is 5.73 Å². The molecule has 0 aromatic heterocycles. The van der Waals surface area contributed by atoms with Crippen molar-refractivity contribution in [3.63, 3.8) is 0 Å². The smallest absolute Gasteiger partial charge is 0.320 e. The molecule has 0 amide bonds. The highest BCUT2D eigenvalue weighted by molar-refractivity contribution is 8.77. The Labute approximate surface area is 73.5 Å². The molecule has 11 heavy (non-hydrogen) atoms. The first kappa shape index (κ1) is 9.22. The average Bonchev–Trinajstić information content (AvgIpc) is 2.39. The summed E-state index contributed by atoms with van der Waals surface area (Å²) < 4.78 is 0. The van der Waals surface area contributed by atoms with Crippen molar-refractivity contribution in [2.75, 3.05) is 11.5 Å². The molecule has 1 atom stereocenters. The maximum Gasteiger partial charge on any atom is 0.320 e. The topological polar surface area (TPSA) is 63.3 Å². The predicted octanol–water partition coefficient (Wildman–Crippen LogP) is 0.800. The second-order valence-electron chi connectivity index (χ2n) is 2.62. The lowest BCUT2D eigenvalue weighted by atomic mass is 10.0. The first-order valence-electron chi connectivity index (χ1n) is 3.43. The summed E-state index contributed by atoms with van der Waals surface area (Å²) in [5.41, 5.74) is 5.38. The Bertz CT molecular complexity index is 148. The van der Waals surface area contributed by atoms with Gasteiger partial charge in [0.25, 0.3) is 0 Å². The number of hydrogen-bond donors (Lipinski definition) is 2. The van der Waals surface area contributed by atoms with Gasteiger partial charge >= 0.3 is 5.97 Å². The van der Waals surface area contributed by atoms with E-state index in [0.717, 1.165) is 11.5 Å². The lowest BCUT2D eigenvalue weighted by molar-refractivity contribution is -0.138. The second kappa shape index (κ2) is 4.23. The van der Waals surface area contributed by atoms with Crippen molar-refractivity contribution in [3.8, 4) is 0 Å². The van der Waals surface area contributed by atoms with E-state index in [1.807, 2.05) is 0 Å². The van der Waals surface area contributed by atoms with E-state index < -0.39 is 12.0 Å². The highest BCUT2D eigenvalue weighted by Gasteiger charge is 2.22. The predicted molar refractivity (Wildman–Crippen MR) is 48.6 cm³/mol. The highest BCUT2D eigenvalue weighted by Crippen LogP contribution is 2.36. The largest absolute Gasteiger partial charge is 0.480 e. The van der Waals surface area contributed by atoms with E-state index in [1.165, 1.54) is 0 Å². The Kier molecular flexibility index (Phi) is 3.54. The van der Waals surface area contributed by atoms with Gasteiger partial charge in [0.1, 0.15) is 6.04 Å². The van der Waals surface area contributed by atoms with Crippen LogP contribution in [0.4, 0.5) is 0 Å². The van der Waals surface area contributed by atoms with Gasteiger partial charge in [-0.3, -0.25) is 4.79 Å². The van der Waals surface area contributed by atoms with Crippen molar-refractivity contribution in [2.45, 2.75) is 12.5 Å². The van der Waals surface area contributed by atoms with Gasteiger partial charge in [0.05, 0.1) is 0 Å². The van der Waals surface area contributed by atoms with Crippen molar-refractivity contribution in [2.24, 2.45) is 11.7 Å². The molecule has 64 valence electrons. The molecule has 0 aromatic carbocycles. The van der Waals surface area contributed by atoms with Crippen LogP contribution in [0.5, 0.6) is 0 Å². The highest BCUT2D eigenvalue weighted by atomic mass is 33.1. The molecule has 3 N–H and O–H groups in total. The monoisotopic (exact) mass is 193 g/mol. The molecule has 1 rings (SSSR count). The SMILES string of the molecule is NC(CC1CSSC1)C(=O)O. The molecule has 1 unspecified atom stereocenters. The number of carboxylic acid groups (broad SMARTS) is 1. The summed E-state index contributed by atoms with van der Waals surface area (Å²) in [6.07, 6.45) is 0.620. The number of hydrogen-bond acceptors (Lipinski definition) is 4. The maximum absolute atomic E-state index is 10.3. The van der Waals surface area contributed by atoms with E-state index in [-0.39, 0.29) is 0 Å². The molecule has 3 nitrogen and oxygen atoms in total. The summed E-state index contributed by atoms with van der Waals surface area (Å²) in [7, 11) is 3.61. The second-order valence-corrected chi connectivity index (χ2v) is 5.17. The standard InChI is InChI=1S/C6H11NO2S2/c7-5(6(8)9)1-4-2-10-11-3-4/h4-5H,1-3,7H2,(H,8,9). The van der Waals surface area contributed by atoms with Gasteiger partial charge < -0.3 is 10.8 Å². The molecule has 0 aliphatic carbocycles. The fourth-order valence-electron chi connectivity index (χ4n) is 0.933. The minimum atomic E-state index is -0.882. The Hall–Kier alpha value is 0.130. The maximum atomic E-state index is 10.3. The van der Waals surface area contributed by atoms with Crippen molar-refractivity contribution < 1.29 is 9.90 Å². The van der Waals surface area contributed by atoms with Crippen LogP contribution in [0.15, 0.2) is 0 Å². The van der Waals surface area contributed by atoms with Gasteiger partial charge in [0, 0.05) is 11.5 Å². The van der Waals surface area contributed by atoms with Crippen LogP contribution in [-0.4, -0.2) is 28.6 Å². The van der Waals surface area contributed by atoms with Gasteiger partial charge in [-0.05, 0) is 12.3 Å². The molecule has 0 spiro atoms. The average molecular weight is 193 g/mol. The van der Waals surface area contributed by atoms with Gasteiger partial charge in [0.15, 0.2) is 0 Å². The molecule has 0 bridgehead atoms. The van der Waals surface area contributed by atoms with Crippen molar-refractivity contribution in [3.05, 3.63) is 0 Å². The molecule has 1 aliphatic heterocycles. The number of aliphatic carboxylic acids is 1. The van der Waals surface area contributed by atoms with E-state index in [1.54, 1.807) is 21.6 Å². The number of carbonyl (C=O) groups is 1. The van der Waals surface area contributed by atoms with Gasteiger partial charge in [-0.1, -0.05) is 21.6 Å². The first-order chi connectivity index (χ1) is 5.20. The molecule has 1 saturated heterocycles. The van der Waals surface area contributed by atoms with E-state index in [4.69, 9.17) is 10.8 Å². The Balaban J connectivity index is 2.23. The van der Waals surface area contributed by atoms with Crippen LogP contribution in [0, 0.1) is 5.92 Å².